The van der Waals surface area contributed by atoms with Crippen LogP contribution in [0, 0.1) is 10.1 Å². The lowest BCUT2D eigenvalue weighted by Gasteiger charge is -2.14. The summed E-state index contributed by atoms with van der Waals surface area (Å²) in [5.74, 6) is 0.913. The van der Waals surface area contributed by atoms with Crippen molar-refractivity contribution in [3.8, 4) is 11.4 Å². The van der Waals surface area contributed by atoms with E-state index in [1.165, 1.54) is 23.8 Å². The minimum atomic E-state index is -0.448. The van der Waals surface area contributed by atoms with Crippen LogP contribution < -0.4 is 10.3 Å². The molecule has 3 aromatic carbocycles. The molecule has 1 heterocycles. The number of aromatic nitrogens is 2. The molecule has 0 aliphatic heterocycles. The molecule has 7 heteroatoms. The predicted molar refractivity (Wildman–Crippen MR) is 116 cm³/mol. The van der Waals surface area contributed by atoms with E-state index in [0.717, 1.165) is 0 Å². The number of methoxy groups -OCH3 is 1. The van der Waals surface area contributed by atoms with Gasteiger partial charge in [0.25, 0.3) is 11.2 Å². The average molecular weight is 399 g/mol. The van der Waals surface area contributed by atoms with E-state index in [9.17, 15) is 14.9 Å². The summed E-state index contributed by atoms with van der Waals surface area (Å²) in [6.07, 6.45) is 3.36. The zero-order chi connectivity index (χ0) is 21.1. The van der Waals surface area contributed by atoms with Gasteiger partial charge in [0.2, 0.25) is 0 Å². The molecule has 1 aromatic heterocycles. The number of hydrogen-bond donors (Lipinski definition) is 0. The Kier molecular flexibility index (Phi) is 5.09. The lowest BCUT2D eigenvalue weighted by Crippen LogP contribution is -2.22. The highest BCUT2D eigenvalue weighted by Crippen LogP contribution is 2.24. The Hall–Kier alpha value is -4.26. The van der Waals surface area contributed by atoms with Crippen molar-refractivity contribution in [2.24, 2.45) is 0 Å². The molecule has 4 aromatic rings. The van der Waals surface area contributed by atoms with Crippen molar-refractivity contribution in [1.82, 2.24) is 9.55 Å². The van der Waals surface area contributed by atoms with Crippen LogP contribution in [0.1, 0.15) is 11.4 Å². The molecule has 0 radical (unpaired) electrons. The maximum absolute atomic E-state index is 13.3. The molecule has 0 atom stereocenters. The molecule has 0 aliphatic carbocycles. The molecule has 0 amide bonds. The molecular formula is C23H17N3O4. The van der Waals surface area contributed by atoms with Crippen molar-refractivity contribution < 1.29 is 9.66 Å². The monoisotopic (exact) mass is 399 g/mol. The largest absolute Gasteiger partial charge is 0.495 e. The van der Waals surface area contributed by atoms with E-state index in [-0.39, 0.29) is 11.2 Å². The van der Waals surface area contributed by atoms with E-state index >= 15 is 0 Å². The summed E-state index contributed by atoms with van der Waals surface area (Å²) in [7, 11) is 1.54. The first-order valence-electron chi connectivity index (χ1n) is 9.16. The van der Waals surface area contributed by atoms with Crippen LogP contribution in [0.15, 0.2) is 77.6 Å². The summed E-state index contributed by atoms with van der Waals surface area (Å²) in [5, 5.41) is 11.5. The van der Waals surface area contributed by atoms with Crippen LogP contribution in [0.3, 0.4) is 0 Å². The fourth-order valence-electron chi connectivity index (χ4n) is 3.22. The topological polar surface area (TPSA) is 87.3 Å². The summed E-state index contributed by atoms with van der Waals surface area (Å²) >= 11 is 0. The van der Waals surface area contributed by atoms with Gasteiger partial charge in [-0.3, -0.25) is 19.5 Å². The first-order chi connectivity index (χ1) is 14.6. The number of nitrogens with zero attached hydrogens (tertiary/aromatic N) is 3. The standard InChI is InChI=1S/C23H17N3O4/c1-30-21-12-5-4-11-20(21)25-22(24-19-10-3-2-9-18(19)23(25)27)14-13-16-7-6-8-17(15-16)26(28)29/h2-15H,1H3/b14-13-. The molecule has 7 nitrogen and oxygen atoms in total. The second-order valence-electron chi connectivity index (χ2n) is 6.48. The van der Waals surface area contributed by atoms with Crippen molar-refractivity contribution in [3.63, 3.8) is 0 Å². The molecule has 0 saturated carbocycles. The van der Waals surface area contributed by atoms with Gasteiger partial charge in [0, 0.05) is 12.1 Å². The van der Waals surface area contributed by atoms with Gasteiger partial charge in [-0.1, -0.05) is 42.5 Å². The van der Waals surface area contributed by atoms with E-state index in [0.29, 0.717) is 33.7 Å². The quantitative estimate of drug-likeness (QED) is 0.365. The van der Waals surface area contributed by atoms with E-state index in [1.807, 2.05) is 18.2 Å². The Labute approximate surface area is 171 Å². The second kappa shape index (κ2) is 8.00. The maximum Gasteiger partial charge on any atom is 0.270 e. The van der Waals surface area contributed by atoms with Crippen molar-refractivity contribution in [2.75, 3.05) is 7.11 Å². The van der Waals surface area contributed by atoms with E-state index < -0.39 is 4.92 Å². The van der Waals surface area contributed by atoms with Crippen LogP contribution in [0.5, 0.6) is 5.75 Å². The second-order valence-corrected chi connectivity index (χ2v) is 6.48. The van der Waals surface area contributed by atoms with Crippen molar-refractivity contribution in [2.45, 2.75) is 0 Å². The third-order valence-electron chi connectivity index (χ3n) is 4.63. The zero-order valence-corrected chi connectivity index (χ0v) is 16.1. The molecular weight excluding hydrogens is 382 g/mol. The lowest BCUT2D eigenvalue weighted by molar-refractivity contribution is -0.384. The number of non-ortho nitro benzene ring substituents is 1. The summed E-state index contributed by atoms with van der Waals surface area (Å²) in [6, 6.07) is 20.5. The van der Waals surface area contributed by atoms with Crippen LogP contribution in [0.2, 0.25) is 0 Å². The van der Waals surface area contributed by atoms with Gasteiger partial charge in [0.05, 0.1) is 28.6 Å². The third kappa shape index (κ3) is 3.56. The highest BCUT2D eigenvalue weighted by molar-refractivity contribution is 5.80. The van der Waals surface area contributed by atoms with Gasteiger partial charge >= 0.3 is 0 Å². The molecule has 0 aliphatic rings. The highest BCUT2D eigenvalue weighted by Gasteiger charge is 2.14. The van der Waals surface area contributed by atoms with Gasteiger partial charge in [-0.05, 0) is 35.9 Å². The Morgan fingerprint density at radius 3 is 2.57 bits per heavy atom. The van der Waals surface area contributed by atoms with Gasteiger partial charge in [-0.25, -0.2) is 4.98 Å². The van der Waals surface area contributed by atoms with Crippen molar-refractivity contribution >= 4 is 28.7 Å². The highest BCUT2D eigenvalue weighted by atomic mass is 16.6. The molecule has 0 unspecified atom stereocenters. The molecule has 0 saturated heterocycles. The van der Waals surface area contributed by atoms with Gasteiger partial charge in [0.1, 0.15) is 11.6 Å². The minimum Gasteiger partial charge on any atom is -0.495 e. The van der Waals surface area contributed by atoms with Crippen LogP contribution in [-0.4, -0.2) is 21.6 Å². The number of nitro groups is 1. The zero-order valence-electron chi connectivity index (χ0n) is 16.1. The van der Waals surface area contributed by atoms with E-state index in [1.54, 1.807) is 54.6 Å². The van der Waals surface area contributed by atoms with Gasteiger partial charge < -0.3 is 4.74 Å². The average Bonchev–Trinajstić information content (AvgIpc) is 2.78. The van der Waals surface area contributed by atoms with Crippen molar-refractivity contribution in [3.05, 3.63) is 105 Å². The van der Waals surface area contributed by atoms with Gasteiger partial charge in [-0.15, -0.1) is 0 Å². The third-order valence-corrected chi connectivity index (χ3v) is 4.63. The van der Waals surface area contributed by atoms with Crippen LogP contribution in [0.25, 0.3) is 28.7 Å². The summed E-state index contributed by atoms with van der Waals surface area (Å²) in [5.41, 5.74) is 1.50. The predicted octanol–water partition coefficient (Wildman–Crippen LogP) is 4.47. The smallest absolute Gasteiger partial charge is 0.270 e. The van der Waals surface area contributed by atoms with Crippen LogP contribution in [0.4, 0.5) is 5.69 Å². The Morgan fingerprint density at radius 2 is 1.77 bits per heavy atom. The first-order valence-corrected chi connectivity index (χ1v) is 9.16. The van der Waals surface area contributed by atoms with Gasteiger partial charge in [0.15, 0.2) is 0 Å². The molecule has 0 N–H and O–H groups in total. The number of hydrogen-bond acceptors (Lipinski definition) is 5. The fraction of sp³-hybridized carbons (Fsp3) is 0.0435. The molecule has 0 bridgehead atoms. The van der Waals surface area contributed by atoms with Crippen LogP contribution in [-0.2, 0) is 0 Å². The van der Waals surface area contributed by atoms with Crippen molar-refractivity contribution in [1.29, 1.82) is 0 Å². The van der Waals surface area contributed by atoms with E-state index in [4.69, 9.17) is 4.74 Å². The Morgan fingerprint density at radius 1 is 1.00 bits per heavy atom. The fourth-order valence-corrected chi connectivity index (χ4v) is 3.22. The molecule has 30 heavy (non-hydrogen) atoms. The molecule has 0 fully saturated rings. The summed E-state index contributed by atoms with van der Waals surface area (Å²) in [6.45, 7) is 0. The Balaban J connectivity index is 1.94. The lowest BCUT2D eigenvalue weighted by atomic mass is 10.1. The number of para-hydroxylation sites is 3. The normalized spacial score (nSPS) is 11.1. The first kappa shape index (κ1) is 19.1. The number of rotatable bonds is 5. The summed E-state index contributed by atoms with van der Waals surface area (Å²) in [4.78, 5) is 28.6. The minimum absolute atomic E-state index is 0.00857. The maximum atomic E-state index is 13.3. The summed E-state index contributed by atoms with van der Waals surface area (Å²) < 4.78 is 6.92. The SMILES string of the molecule is COc1ccccc1-n1c(/C=C\c2cccc([N+](=O)[O-])c2)nc2ccccc2c1=O. The Bertz CT molecular complexity index is 1340. The molecule has 4 rings (SSSR count). The van der Waals surface area contributed by atoms with Gasteiger partial charge in [-0.2, -0.15) is 0 Å². The number of benzene rings is 3. The van der Waals surface area contributed by atoms with Crippen LogP contribution >= 0.6 is 0 Å². The number of fused-ring (bicyclic) bond motifs is 1. The molecule has 0 spiro atoms. The number of nitro benzene ring substituents is 1. The van der Waals surface area contributed by atoms with E-state index in [2.05, 4.69) is 4.98 Å². The molecule has 148 valence electrons. The number of ether oxygens (including phenoxy) is 1.